The van der Waals surface area contributed by atoms with Gasteiger partial charge in [0.15, 0.2) is 23.2 Å². The maximum absolute atomic E-state index is 14.9. The van der Waals surface area contributed by atoms with E-state index in [-0.39, 0.29) is 46.2 Å². The Morgan fingerprint density at radius 1 is 1.15 bits per heavy atom. The number of rotatable bonds is 5. The second kappa shape index (κ2) is 8.30. The summed E-state index contributed by atoms with van der Waals surface area (Å²) in [5.41, 5.74) is 0.889. The van der Waals surface area contributed by atoms with Gasteiger partial charge in [0.25, 0.3) is 5.91 Å². The Bertz CT molecular complexity index is 1320. The number of anilines is 1. The molecule has 3 heterocycles. The summed E-state index contributed by atoms with van der Waals surface area (Å²) < 4.78 is 42.7. The van der Waals surface area contributed by atoms with Gasteiger partial charge in [0.05, 0.1) is 17.4 Å². The van der Waals surface area contributed by atoms with Crippen molar-refractivity contribution in [3.05, 3.63) is 53.4 Å². The van der Waals surface area contributed by atoms with Crippen molar-refractivity contribution >= 4 is 22.6 Å². The molecule has 8 nitrogen and oxygen atoms in total. The third kappa shape index (κ3) is 4.06. The highest BCUT2D eigenvalue weighted by Crippen LogP contribution is 2.31. The maximum Gasteiger partial charge on any atom is 0.273 e. The number of hydrogen-bond donors (Lipinski definition) is 3. The number of benzene rings is 1. The second-order valence-corrected chi connectivity index (χ2v) is 8.22. The van der Waals surface area contributed by atoms with E-state index in [1.54, 1.807) is 0 Å². The Balaban J connectivity index is 1.39. The minimum atomic E-state index is -0.733. The second-order valence-electron chi connectivity index (χ2n) is 8.22. The van der Waals surface area contributed by atoms with Crippen molar-refractivity contribution < 1.29 is 18.0 Å². The lowest BCUT2D eigenvalue weighted by atomic mass is 9.91. The van der Waals surface area contributed by atoms with E-state index < -0.39 is 17.5 Å². The lowest BCUT2D eigenvalue weighted by molar-refractivity contribution is -0.118. The third-order valence-electron chi connectivity index (χ3n) is 5.89. The van der Waals surface area contributed by atoms with Crippen LogP contribution in [0.2, 0.25) is 0 Å². The molecule has 0 saturated heterocycles. The molecule has 11 heteroatoms. The van der Waals surface area contributed by atoms with E-state index in [0.717, 1.165) is 25.3 Å². The van der Waals surface area contributed by atoms with Gasteiger partial charge in [-0.05, 0) is 38.7 Å². The first kappa shape index (κ1) is 21.1. The zero-order valence-electron chi connectivity index (χ0n) is 17.6. The number of aryl methyl sites for hydroxylation is 1. The minimum Gasteiger partial charge on any atom is -0.365 e. The Morgan fingerprint density at radius 3 is 2.70 bits per heavy atom. The fourth-order valence-corrected chi connectivity index (χ4v) is 4.24. The number of aromatic nitrogens is 3. The summed E-state index contributed by atoms with van der Waals surface area (Å²) in [6.07, 6.45) is 5.87. The number of carbonyl (C=O) groups excluding carboxylic acids is 1. The van der Waals surface area contributed by atoms with Crippen LogP contribution in [0.1, 0.15) is 31.4 Å². The fourth-order valence-electron chi connectivity index (χ4n) is 4.24. The largest absolute Gasteiger partial charge is 0.365 e. The van der Waals surface area contributed by atoms with Crippen LogP contribution >= 0.6 is 0 Å². The zero-order valence-corrected chi connectivity index (χ0v) is 17.6. The highest BCUT2D eigenvalue weighted by Gasteiger charge is 2.27. The van der Waals surface area contributed by atoms with E-state index in [2.05, 4.69) is 35.8 Å². The number of hydrogen-bond acceptors (Lipinski definition) is 6. The van der Waals surface area contributed by atoms with Gasteiger partial charge in [0.1, 0.15) is 11.6 Å². The zero-order chi connectivity index (χ0) is 23.1. The van der Waals surface area contributed by atoms with E-state index in [0.29, 0.717) is 17.7 Å². The molecular weight excluding hydrogens is 435 g/mol. The van der Waals surface area contributed by atoms with Gasteiger partial charge in [-0.2, -0.15) is 5.11 Å². The molecular formula is C22H20F3N7O. The average Bonchev–Trinajstić information content (AvgIpc) is 3.14. The molecule has 2 aromatic heterocycles. The van der Waals surface area contributed by atoms with E-state index in [4.69, 9.17) is 0 Å². The van der Waals surface area contributed by atoms with Gasteiger partial charge in [0.2, 0.25) is 0 Å². The standard InChI is InChI=1S/C22H20F3N7O/c1-10-18(25)21(29-12-3-2-4-13(7-12)30-22(33)17-9-27-32-17)31-20(28-10)15-8-26-19-14(15)5-11(23)6-16(19)24/h5-6,8-9,12-13,26H,2-4,7H2,1H3,(H,30,33)(H,28,29,31)/t12-,13+/m0/s1. The van der Waals surface area contributed by atoms with Crippen LogP contribution in [0, 0.1) is 24.4 Å². The predicted molar refractivity (Wildman–Crippen MR) is 115 cm³/mol. The average molecular weight is 455 g/mol. The number of carbonyl (C=O) groups is 1. The number of halogens is 3. The molecule has 0 radical (unpaired) electrons. The topological polar surface area (TPSA) is 107 Å². The van der Waals surface area contributed by atoms with Crippen LogP contribution in [0.5, 0.6) is 0 Å². The molecule has 2 aliphatic rings. The quantitative estimate of drug-likeness (QED) is 0.527. The summed E-state index contributed by atoms with van der Waals surface area (Å²) in [5, 5.41) is 13.5. The Kier molecular flexibility index (Phi) is 5.31. The number of aromatic amines is 1. The molecule has 0 unspecified atom stereocenters. The van der Waals surface area contributed by atoms with Crippen LogP contribution in [0.3, 0.4) is 0 Å². The van der Waals surface area contributed by atoms with Gasteiger partial charge >= 0.3 is 0 Å². The molecule has 2 atom stereocenters. The summed E-state index contributed by atoms with van der Waals surface area (Å²) in [6.45, 7) is 1.51. The summed E-state index contributed by atoms with van der Waals surface area (Å²) in [7, 11) is 0. The van der Waals surface area contributed by atoms with Crippen LogP contribution in [0.25, 0.3) is 22.3 Å². The van der Waals surface area contributed by atoms with Crippen molar-refractivity contribution in [1.29, 1.82) is 0 Å². The van der Waals surface area contributed by atoms with E-state index in [1.807, 2.05) is 0 Å². The molecule has 0 spiro atoms. The monoisotopic (exact) mass is 455 g/mol. The fraction of sp³-hybridized carbons (Fsp3) is 0.318. The molecule has 0 bridgehead atoms. The predicted octanol–water partition coefficient (Wildman–Crippen LogP) is 4.50. The van der Waals surface area contributed by atoms with Crippen molar-refractivity contribution in [3.63, 3.8) is 0 Å². The molecule has 1 saturated carbocycles. The lowest BCUT2D eigenvalue weighted by Crippen LogP contribution is -2.42. The summed E-state index contributed by atoms with van der Waals surface area (Å²) >= 11 is 0. The van der Waals surface area contributed by atoms with E-state index in [9.17, 15) is 18.0 Å². The van der Waals surface area contributed by atoms with Gasteiger partial charge in [-0.1, -0.05) is 0 Å². The third-order valence-corrected chi connectivity index (χ3v) is 5.89. The first-order valence-corrected chi connectivity index (χ1v) is 10.6. The number of amides is 1. The van der Waals surface area contributed by atoms with Gasteiger partial charge in [-0.15, -0.1) is 5.11 Å². The van der Waals surface area contributed by atoms with Gasteiger partial charge in [-0.3, -0.25) is 4.79 Å². The highest BCUT2D eigenvalue weighted by molar-refractivity contribution is 5.94. The molecule has 1 amide bonds. The molecule has 1 aliphatic carbocycles. The molecule has 1 aromatic carbocycles. The lowest BCUT2D eigenvalue weighted by Gasteiger charge is -2.31. The summed E-state index contributed by atoms with van der Waals surface area (Å²) in [6, 6.07) is 1.75. The van der Waals surface area contributed by atoms with E-state index >= 15 is 0 Å². The van der Waals surface area contributed by atoms with Crippen molar-refractivity contribution in [3.8, 4) is 11.4 Å². The SMILES string of the molecule is Cc1nc(-c2c[nH]c3c(F)cc(F)cc23)nc(N[C@H]2CCC[C@@H](NC(=O)C3=CN=N3)C2)c1F. The molecule has 170 valence electrons. The molecule has 1 fully saturated rings. The van der Waals surface area contributed by atoms with Crippen LogP contribution in [0.15, 0.2) is 40.5 Å². The molecule has 1 aliphatic heterocycles. The Labute approximate surface area is 186 Å². The van der Waals surface area contributed by atoms with Crippen LogP contribution in [-0.2, 0) is 4.79 Å². The van der Waals surface area contributed by atoms with Gasteiger partial charge < -0.3 is 15.6 Å². The van der Waals surface area contributed by atoms with Crippen LogP contribution < -0.4 is 10.6 Å². The van der Waals surface area contributed by atoms with E-state index in [1.165, 1.54) is 25.4 Å². The van der Waals surface area contributed by atoms with Gasteiger partial charge in [-0.25, -0.2) is 23.1 Å². The summed E-state index contributed by atoms with van der Waals surface area (Å²) in [5.74, 6) is -2.18. The Hall–Kier alpha value is -3.76. The molecule has 3 N–H and O–H groups in total. The highest BCUT2D eigenvalue weighted by atomic mass is 19.1. The van der Waals surface area contributed by atoms with Crippen molar-refractivity contribution in [2.45, 2.75) is 44.7 Å². The number of nitrogens with zero attached hydrogens (tertiary/aromatic N) is 4. The molecule has 33 heavy (non-hydrogen) atoms. The number of azo groups is 1. The smallest absolute Gasteiger partial charge is 0.273 e. The van der Waals surface area contributed by atoms with Crippen molar-refractivity contribution in [2.24, 2.45) is 10.2 Å². The first-order chi connectivity index (χ1) is 15.9. The number of fused-ring (bicyclic) bond motifs is 1. The minimum absolute atomic E-state index is 0.0104. The Morgan fingerprint density at radius 2 is 1.94 bits per heavy atom. The molecule has 5 rings (SSSR count). The summed E-state index contributed by atoms with van der Waals surface area (Å²) in [4.78, 5) is 23.4. The van der Waals surface area contributed by atoms with Gasteiger partial charge in [0, 0.05) is 35.3 Å². The van der Waals surface area contributed by atoms with Crippen molar-refractivity contribution in [2.75, 3.05) is 5.32 Å². The maximum atomic E-state index is 14.9. The van der Waals surface area contributed by atoms with Crippen LogP contribution in [0.4, 0.5) is 19.0 Å². The normalized spacial score (nSPS) is 19.8. The van der Waals surface area contributed by atoms with Crippen molar-refractivity contribution in [1.82, 2.24) is 20.3 Å². The first-order valence-electron chi connectivity index (χ1n) is 10.6. The number of nitrogens with one attached hydrogen (secondary N) is 3. The number of H-pyrrole nitrogens is 1. The van der Waals surface area contributed by atoms with Crippen LogP contribution in [-0.4, -0.2) is 32.9 Å². The molecule has 3 aromatic rings.